The molecule has 1 aliphatic rings. The van der Waals surface area contributed by atoms with E-state index in [1.165, 1.54) is 0 Å². The van der Waals surface area contributed by atoms with E-state index in [0.717, 1.165) is 32.8 Å². The lowest BCUT2D eigenvalue weighted by Gasteiger charge is -2.41. The predicted molar refractivity (Wildman–Crippen MR) is 63.3 cm³/mol. The van der Waals surface area contributed by atoms with Crippen molar-refractivity contribution in [2.24, 2.45) is 0 Å². The van der Waals surface area contributed by atoms with Gasteiger partial charge in [-0.2, -0.15) is 0 Å². The number of hydrogen-bond donors (Lipinski definition) is 1. The molecule has 1 saturated heterocycles. The highest BCUT2D eigenvalue weighted by Crippen LogP contribution is 2.10. The largest absolute Gasteiger partial charge is 0.383 e. The quantitative estimate of drug-likeness (QED) is 0.691. The highest BCUT2D eigenvalue weighted by atomic mass is 16.5. The second kappa shape index (κ2) is 6.43. The minimum Gasteiger partial charge on any atom is -0.383 e. The fourth-order valence-electron chi connectivity index (χ4n) is 2.13. The third-order valence-electron chi connectivity index (χ3n) is 3.31. The van der Waals surface area contributed by atoms with Gasteiger partial charge >= 0.3 is 0 Å². The highest BCUT2D eigenvalue weighted by molar-refractivity contribution is 4.82. The summed E-state index contributed by atoms with van der Waals surface area (Å²) < 4.78 is 5.28. The molecule has 4 heteroatoms. The van der Waals surface area contributed by atoms with E-state index in [1.807, 2.05) is 7.05 Å². The van der Waals surface area contributed by atoms with E-state index < -0.39 is 0 Å². The minimum absolute atomic E-state index is 0.510. The van der Waals surface area contributed by atoms with E-state index in [1.54, 1.807) is 7.11 Å². The summed E-state index contributed by atoms with van der Waals surface area (Å²) in [5.74, 6) is 0. The molecule has 2 unspecified atom stereocenters. The average molecular weight is 215 g/mol. The van der Waals surface area contributed by atoms with Crippen LogP contribution in [0.2, 0.25) is 0 Å². The van der Waals surface area contributed by atoms with Crippen LogP contribution in [0.3, 0.4) is 0 Å². The third kappa shape index (κ3) is 3.72. The summed E-state index contributed by atoms with van der Waals surface area (Å²) >= 11 is 0. The van der Waals surface area contributed by atoms with E-state index >= 15 is 0 Å². The van der Waals surface area contributed by atoms with Gasteiger partial charge in [0.1, 0.15) is 0 Å². The lowest BCUT2D eigenvalue weighted by molar-refractivity contribution is 0.0351. The minimum atomic E-state index is 0.510. The lowest BCUT2D eigenvalue weighted by atomic mass is 10.1. The first-order chi connectivity index (χ1) is 7.19. The van der Waals surface area contributed by atoms with Crippen LogP contribution in [0.5, 0.6) is 0 Å². The lowest BCUT2D eigenvalue weighted by Crippen LogP contribution is -2.56. The normalized spacial score (nSPS) is 26.8. The Balaban J connectivity index is 2.45. The highest BCUT2D eigenvalue weighted by Gasteiger charge is 2.25. The number of rotatable bonds is 5. The molecular weight excluding hydrogens is 190 g/mol. The zero-order valence-electron chi connectivity index (χ0n) is 10.5. The van der Waals surface area contributed by atoms with E-state index in [9.17, 15) is 0 Å². The van der Waals surface area contributed by atoms with Crippen molar-refractivity contribution in [3.8, 4) is 0 Å². The van der Waals surface area contributed by atoms with Crippen molar-refractivity contribution in [3.05, 3.63) is 0 Å². The molecule has 2 atom stereocenters. The van der Waals surface area contributed by atoms with Crippen molar-refractivity contribution in [1.29, 1.82) is 0 Å². The fourth-order valence-corrected chi connectivity index (χ4v) is 2.13. The zero-order valence-corrected chi connectivity index (χ0v) is 10.5. The summed E-state index contributed by atoms with van der Waals surface area (Å²) in [4.78, 5) is 4.95. The van der Waals surface area contributed by atoms with Gasteiger partial charge in [-0.3, -0.25) is 4.90 Å². The van der Waals surface area contributed by atoms with E-state index in [-0.39, 0.29) is 0 Å². The summed E-state index contributed by atoms with van der Waals surface area (Å²) in [6.07, 6.45) is 0. The number of ether oxygens (including phenoxy) is 1. The maximum Gasteiger partial charge on any atom is 0.0630 e. The van der Waals surface area contributed by atoms with Crippen molar-refractivity contribution in [3.63, 3.8) is 0 Å². The van der Waals surface area contributed by atoms with Gasteiger partial charge in [-0.1, -0.05) is 0 Å². The first kappa shape index (κ1) is 12.9. The number of nitrogens with one attached hydrogen (secondary N) is 1. The molecule has 0 bridgehead atoms. The maximum atomic E-state index is 5.28. The SMILES string of the molecule is CNCC(COC)N1CCN(C)C(C)C1. The molecule has 1 heterocycles. The van der Waals surface area contributed by atoms with Gasteiger partial charge in [-0.05, 0) is 21.0 Å². The molecule has 4 nitrogen and oxygen atoms in total. The van der Waals surface area contributed by atoms with Crippen molar-refractivity contribution < 1.29 is 4.74 Å². The van der Waals surface area contributed by atoms with Gasteiger partial charge in [-0.15, -0.1) is 0 Å². The van der Waals surface area contributed by atoms with Gasteiger partial charge in [0.15, 0.2) is 0 Å². The standard InChI is InChI=1S/C11H25N3O/c1-10-8-14(6-5-13(10)3)11(7-12-2)9-15-4/h10-12H,5-9H2,1-4H3. The van der Waals surface area contributed by atoms with Crippen molar-refractivity contribution in [1.82, 2.24) is 15.1 Å². The van der Waals surface area contributed by atoms with Crippen LogP contribution in [0.1, 0.15) is 6.92 Å². The number of nitrogens with zero attached hydrogens (tertiary/aromatic N) is 2. The van der Waals surface area contributed by atoms with Crippen LogP contribution in [0.25, 0.3) is 0 Å². The van der Waals surface area contributed by atoms with Gasteiger partial charge < -0.3 is 15.0 Å². The summed E-state index contributed by atoms with van der Waals surface area (Å²) in [7, 11) is 5.98. The topological polar surface area (TPSA) is 27.7 Å². The number of methoxy groups -OCH3 is 1. The van der Waals surface area contributed by atoms with Gasteiger partial charge in [0, 0.05) is 45.4 Å². The van der Waals surface area contributed by atoms with Crippen LogP contribution in [0, 0.1) is 0 Å². The van der Waals surface area contributed by atoms with E-state index in [4.69, 9.17) is 4.74 Å². The van der Waals surface area contributed by atoms with Gasteiger partial charge in [0.05, 0.1) is 6.61 Å². The third-order valence-corrected chi connectivity index (χ3v) is 3.31. The van der Waals surface area contributed by atoms with Gasteiger partial charge in [0.2, 0.25) is 0 Å². The Labute approximate surface area is 93.6 Å². The van der Waals surface area contributed by atoms with Crippen molar-refractivity contribution in [2.45, 2.75) is 19.0 Å². The Morgan fingerprint density at radius 3 is 2.73 bits per heavy atom. The Hall–Kier alpha value is -0.160. The number of likely N-dealkylation sites (N-methyl/N-ethyl adjacent to an activating group) is 2. The van der Waals surface area contributed by atoms with Gasteiger partial charge in [-0.25, -0.2) is 0 Å². The maximum absolute atomic E-state index is 5.28. The molecule has 1 rings (SSSR count). The van der Waals surface area contributed by atoms with Crippen LogP contribution < -0.4 is 5.32 Å². The smallest absolute Gasteiger partial charge is 0.0630 e. The summed E-state index contributed by atoms with van der Waals surface area (Å²) in [6.45, 7) is 7.56. The molecule has 0 aliphatic carbocycles. The molecule has 0 spiro atoms. The summed E-state index contributed by atoms with van der Waals surface area (Å²) in [5, 5.41) is 3.24. The molecule has 1 fully saturated rings. The van der Waals surface area contributed by atoms with Crippen molar-refractivity contribution in [2.75, 3.05) is 54.0 Å². The van der Waals surface area contributed by atoms with Crippen LogP contribution >= 0.6 is 0 Å². The van der Waals surface area contributed by atoms with Crippen LogP contribution in [-0.2, 0) is 4.74 Å². The first-order valence-corrected chi connectivity index (χ1v) is 5.76. The first-order valence-electron chi connectivity index (χ1n) is 5.76. The molecule has 0 aromatic carbocycles. The molecule has 0 aromatic rings. The Bertz CT molecular complexity index is 171. The fraction of sp³-hybridized carbons (Fsp3) is 1.00. The van der Waals surface area contributed by atoms with Gasteiger partial charge in [0.25, 0.3) is 0 Å². The van der Waals surface area contributed by atoms with Crippen LogP contribution in [0.15, 0.2) is 0 Å². The molecule has 1 N–H and O–H groups in total. The predicted octanol–water partition coefficient (Wildman–Crippen LogP) is -0.143. The molecule has 90 valence electrons. The Morgan fingerprint density at radius 1 is 1.47 bits per heavy atom. The average Bonchev–Trinajstić information content (AvgIpc) is 2.22. The second-order valence-electron chi connectivity index (χ2n) is 4.49. The molecule has 0 radical (unpaired) electrons. The number of piperazine rings is 1. The number of hydrogen-bond acceptors (Lipinski definition) is 4. The molecular formula is C11H25N3O. The van der Waals surface area contributed by atoms with Crippen LogP contribution in [-0.4, -0.2) is 75.9 Å². The summed E-state index contributed by atoms with van der Waals surface area (Å²) in [6, 6.07) is 1.16. The van der Waals surface area contributed by atoms with Crippen molar-refractivity contribution >= 4 is 0 Å². The molecule has 0 amide bonds. The molecule has 1 aliphatic heterocycles. The van der Waals surface area contributed by atoms with Crippen LogP contribution in [0.4, 0.5) is 0 Å². The molecule has 0 saturated carbocycles. The molecule has 15 heavy (non-hydrogen) atoms. The molecule has 0 aromatic heterocycles. The van der Waals surface area contributed by atoms with E-state index in [0.29, 0.717) is 12.1 Å². The summed E-state index contributed by atoms with van der Waals surface area (Å²) in [5.41, 5.74) is 0. The Kier molecular flexibility index (Phi) is 5.53. The Morgan fingerprint density at radius 2 is 2.20 bits per heavy atom. The van der Waals surface area contributed by atoms with E-state index in [2.05, 4.69) is 29.1 Å². The zero-order chi connectivity index (χ0) is 11.3. The second-order valence-corrected chi connectivity index (χ2v) is 4.49. The monoisotopic (exact) mass is 215 g/mol.